The Balaban J connectivity index is 1.55. The molecular weight excluding hydrogens is 412 g/mol. The summed E-state index contributed by atoms with van der Waals surface area (Å²) in [6.07, 6.45) is 0. The van der Waals surface area contributed by atoms with Crippen LogP contribution in [0.25, 0.3) is 17.1 Å². The maximum Gasteiger partial charge on any atom is 0.231 e. The summed E-state index contributed by atoms with van der Waals surface area (Å²) in [5.74, 6) is 1.61. The van der Waals surface area contributed by atoms with Gasteiger partial charge in [0.25, 0.3) is 0 Å². The Kier molecular flexibility index (Phi) is 5.85. The van der Waals surface area contributed by atoms with E-state index in [1.54, 1.807) is 6.92 Å². The molecule has 1 N–H and O–H groups in total. The molecule has 0 unspecified atom stereocenters. The van der Waals surface area contributed by atoms with E-state index in [-0.39, 0.29) is 11.7 Å². The van der Waals surface area contributed by atoms with Crippen LogP contribution in [0.2, 0.25) is 0 Å². The molecule has 4 aromatic rings. The Labute approximate surface area is 184 Å². The first-order valence-electron chi connectivity index (χ1n) is 9.75. The average molecular weight is 435 g/mol. The van der Waals surface area contributed by atoms with Crippen LogP contribution in [0.5, 0.6) is 0 Å². The number of hydrogen-bond donors (Lipinski definition) is 1. The summed E-state index contributed by atoms with van der Waals surface area (Å²) < 4.78 is 6.99. The van der Waals surface area contributed by atoms with E-state index in [2.05, 4.69) is 25.7 Å². The third-order valence-corrected chi connectivity index (χ3v) is 5.48. The molecule has 158 valence electrons. The zero-order valence-corrected chi connectivity index (χ0v) is 18.3. The number of nitrogens with zero attached hydrogens (tertiary/aromatic N) is 5. The van der Waals surface area contributed by atoms with Gasteiger partial charge in [-0.05, 0) is 26.0 Å². The first-order chi connectivity index (χ1) is 14.9. The van der Waals surface area contributed by atoms with Crippen LogP contribution in [0, 0.1) is 6.92 Å². The van der Waals surface area contributed by atoms with Crippen molar-refractivity contribution in [1.82, 2.24) is 30.2 Å². The van der Waals surface area contributed by atoms with Gasteiger partial charge in [0.2, 0.25) is 11.8 Å². The van der Waals surface area contributed by atoms with Crippen molar-refractivity contribution < 1.29 is 9.32 Å². The summed E-state index contributed by atoms with van der Waals surface area (Å²) in [6.45, 7) is 5.38. The lowest BCUT2D eigenvalue weighted by molar-refractivity contribution is -0.120. The highest BCUT2D eigenvalue weighted by Gasteiger charge is 2.28. The largest absolute Gasteiger partial charge is 0.343 e. The van der Waals surface area contributed by atoms with E-state index >= 15 is 0 Å². The Hall–Kier alpha value is -3.46. The van der Waals surface area contributed by atoms with Crippen molar-refractivity contribution in [3.63, 3.8) is 0 Å². The Morgan fingerprint density at radius 3 is 2.39 bits per heavy atom. The van der Waals surface area contributed by atoms with Crippen molar-refractivity contribution in [3.8, 4) is 17.1 Å². The summed E-state index contributed by atoms with van der Waals surface area (Å²) in [5, 5.41) is 16.2. The van der Waals surface area contributed by atoms with Gasteiger partial charge < -0.3 is 9.84 Å². The van der Waals surface area contributed by atoms with E-state index in [4.69, 9.17) is 4.52 Å². The van der Waals surface area contributed by atoms with Crippen LogP contribution in [0.3, 0.4) is 0 Å². The molecule has 8 nitrogen and oxygen atoms in total. The summed E-state index contributed by atoms with van der Waals surface area (Å²) in [6, 6.07) is 19.7. The van der Waals surface area contributed by atoms with Gasteiger partial charge in [-0.2, -0.15) is 4.98 Å². The number of nitrogens with one attached hydrogen (secondary N) is 1. The first-order valence-corrected chi connectivity index (χ1v) is 10.7. The third kappa shape index (κ3) is 4.66. The number of hydrogen-bond acceptors (Lipinski definition) is 7. The molecule has 31 heavy (non-hydrogen) atoms. The molecule has 0 radical (unpaired) electrons. The summed E-state index contributed by atoms with van der Waals surface area (Å²) >= 11 is 1.32. The van der Waals surface area contributed by atoms with Crippen LogP contribution in [0.15, 0.2) is 70.3 Å². The maximum atomic E-state index is 12.7. The van der Waals surface area contributed by atoms with Gasteiger partial charge in [-0.3, -0.25) is 9.36 Å². The summed E-state index contributed by atoms with van der Waals surface area (Å²) in [7, 11) is 0. The van der Waals surface area contributed by atoms with Crippen LogP contribution in [-0.4, -0.2) is 36.6 Å². The Bertz CT molecular complexity index is 1170. The second kappa shape index (κ2) is 8.73. The van der Waals surface area contributed by atoms with Gasteiger partial charge in [-0.25, -0.2) is 0 Å². The molecule has 2 aromatic heterocycles. The lowest BCUT2D eigenvalue weighted by Crippen LogP contribution is -2.42. The van der Waals surface area contributed by atoms with Crippen LogP contribution < -0.4 is 5.32 Å². The number of benzene rings is 2. The molecule has 0 fully saturated rings. The summed E-state index contributed by atoms with van der Waals surface area (Å²) in [4.78, 5) is 16.9. The van der Waals surface area contributed by atoms with Gasteiger partial charge in [0.05, 0.1) is 11.3 Å². The number of aryl methyl sites for hydroxylation is 1. The fourth-order valence-electron chi connectivity index (χ4n) is 3.07. The molecule has 4 rings (SSSR count). The Morgan fingerprint density at radius 2 is 1.74 bits per heavy atom. The van der Waals surface area contributed by atoms with Crippen molar-refractivity contribution in [2.24, 2.45) is 0 Å². The standard InChI is InChI=1S/C22H22N6O2S/c1-15-23-20(27-30-15)22(2,3)24-18(29)14-31-21-26-25-19(16-10-6-4-7-11-16)28(21)17-12-8-5-9-13-17/h4-13H,14H2,1-3H3,(H,24,29). The van der Waals surface area contributed by atoms with Crippen LogP contribution >= 0.6 is 11.8 Å². The number of carbonyl (C=O) groups is 1. The highest BCUT2D eigenvalue weighted by atomic mass is 32.2. The number of thioether (sulfide) groups is 1. The van der Waals surface area contributed by atoms with Gasteiger partial charge in [-0.1, -0.05) is 65.4 Å². The van der Waals surface area contributed by atoms with Crippen molar-refractivity contribution in [1.29, 1.82) is 0 Å². The van der Waals surface area contributed by atoms with Gasteiger partial charge in [-0.15, -0.1) is 10.2 Å². The molecule has 0 aliphatic rings. The molecule has 0 saturated carbocycles. The lowest BCUT2D eigenvalue weighted by atomic mass is 10.1. The second-order valence-electron chi connectivity index (χ2n) is 7.44. The van der Waals surface area contributed by atoms with Crippen LogP contribution in [0.1, 0.15) is 25.6 Å². The Morgan fingerprint density at radius 1 is 1.06 bits per heavy atom. The zero-order chi connectivity index (χ0) is 21.8. The molecule has 9 heteroatoms. The quantitative estimate of drug-likeness (QED) is 0.442. The van der Waals surface area contributed by atoms with Crippen molar-refractivity contribution in [3.05, 3.63) is 72.4 Å². The number of aromatic nitrogens is 5. The van der Waals surface area contributed by atoms with E-state index < -0.39 is 5.54 Å². The van der Waals surface area contributed by atoms with Gasteiger partial charge >= 0.3 is 0 Å². The molecule has 0 spiro atoms. The minimum Gasteiger partial charge on any atom is -0.343 e. The molecule has 1 amide bonds. The van der Waals surface area contributed by atoms with Crippen molar-refractivity contribution in [2.45, 2.75) is 31.5 Å². The van der Waals surface area contributed by atoms with E-state index in [0.717, 1.165) is 17.1 Å². The number of para-hydroxylation sites is 1. The zero-order valence-electron chi connectivity index (χ0n) is 17.4. The fraction of sp³-hybridized carbons (Fsp3) is 0.227. The SMILES string of the molecule is Cc1nc(C(C)(C)NC(=O)CSc2nnc(-c3ccccc3)n2-c2ccccc2)no1. The van der Waals surface area contributed by atoms with Crippen molar-refractivity contribution >= 4 is 17.7 Å². The smallest absolute Gasteiger partial charge is 0.231 e. The number of amides is 1. The minimum absolute atomic E-state index is 0.165. The van der Waals surface area contributed by atoms with Crippen LogP contribution in [-0.2, 0) is 10.3 Å². The van der Waals surface area contributed by atoms with E-state index in [9.17, 15) is 4.79 Å². The normalized spacial score (nSPS) is 11.5. The molecule has 0 atom stereocenters. The van der Waals surface area contributed by atoms with Gasteiger partial charge in [0, 0.05) is 18.2 Å². The van der Waals surface area contributed by atoms with E-state index in [1.807, 2.05) is 79.1 Å². The second-order valence-corrected chi connectivity index (χ2v) is 8.38. The molecule has 0 aliphatic heterocycles. The van der Waals surface area contributed by atoms with Crippen molar-refractivity contribution in [2.75, 3.05) is 5.75 Å². The molecule has 2 aromatic carbocycles. The maximum absolute atomic E-state index is 12.7. The minimum atomic E-state index is -0.752. The topological polar surface area (TPSA) is 98.7 Å². The third-order valence-electron chi connectivity index (χ3n) is 4.55. The predicted molar refractivity (Wildman–Crippen MR) is 118 cm³/mol. The average Bonchev–Trinajstić information content (AvgIpc) is 3.40. The van der Waals surface area contributed by atoms with E-state index in [0.29, 0.717) is 16.9 Å². The number of rotatable bonds is 7. The molecule has 2 heterocycles. The number of carbonyl (C=O) groups excluding carboxylic acids is 1. The monoisotopic (exact) mass is 434 g/mol. The summed E-state index contributed by atoms with van der Waals surface area (Å²) in [5.41, 5.74) is 1.12. The van der Waals surface area contributed by atoms with Crippen LogP contribution in [0.4, 0.5) is 0 Å². The first kappa shape index (κ1) is 20.8. The van der Waals surface area contributed by atoms with Gasteiger partial charge in [0.15, 0.2) is 16.8 Å². The fourth-order valence-corrected chi connectivity index (χ4v) is 3.82. The van der Waals surface area contributed by atoms with E-state index in [1.165, 1.54) is 11.8 Å². The van der Waals surface area contributed by atoms with Gasteiger partial charge in [0.1, 0.15) is 0 Å². The molecule has 0 aliphatic carbocycles. The molecule has 0 saturated heterocycles. The highest BCUT2D eigenvalue weighted by Crippen LogP contribution is 2.28. The lowest BCUT2D eigenvalue weighted by Gasteiger charge is -2.22. The predicted octanol–water partition coefficient (Wildman–Crippen LogP) is 3.77. The molecule has 0 bridgehead atoms. The molecular formula is C22H22N6O2S. The highest BCUT2D eigenvalue weighted by molar-refractivity contribution is 7.99.